The normalized spacial score (nSPS) is 14.1. The molecule has 19 heavy (non-hydrogen) atoms. The van der Waals surface area contributed by atoms with Crippen molar-refractivity contribution in [1.82, 2.24) is 4.57 Å². The second-order valence-corrected chi connectivity index (χ2v) is 4.82. The van der Waals surface area contributed by atoms with E-state index >= 15 is 0 Å². The van der Waals surface area contributed by atoms with Crippen LogP contribution < -0.4 is 11.3 Å². The molecule has 0 radical (unpaired) electrons. The van der Waals surface area contributed by atoms with Crippen LogP contribution in [0.15, 0.2) is 53.5 Å². The van der Waals surface area contributed by atoms with Crippen LogP contribution in [0.25, 0.3) is 0 Å². The van der Waals surface area contributed by atoms with E-state index in [2.05, 4.69) is 6.92 Å². The van der Waals surface area contributed by atoms with Crippen LogP contribution in [0.4, 0.5) is 0 Å². The quantitative estimate of drug-likeness (QED) is 0.914. The van der Waals surface area contributed by atoms with Gasteiger partial charge in [0.15, 0.2) is 0 Å². The van der Waals surface area contributed by atoms with E-state index in [4.69, 9.17) is 5.73 Å². The predicted molar refractivity (Wildman–Crippen MR) is 78.2 cm³/mol. The molecular formula is C16H20N2O. The molecule has 3 nitrogen and oxygen atoms in total. The number of benzene rings is 1. The molecule has 2 rings (SSSR count). The van der Waals surface area contributed by atoms with E-state index in [9.17, 15) is 4.79 Å². The Morgan fingerprint density at radius 2 is 1.84 bits per heavy atom. The highest BCUT2D eigenvalue weighted by atomic mass is 16.1. The van der Waals surface area contributed by atoms with Crippen molar-refractivity contribution >= 4 is 0 Å². The lowest BCUT2D eigenvalue weighted by Crippen LogP contribution is -2.29. The molecule has 0 fully saturated rings. The summed E-state index contributed by atoms with van der Waals surface area (Å²) in [5.41, 5.74) is 7.83. The lowest BCUT2D eigenvalue weighted by atomic mass is 10.0. The topological polar surface area (TPSA) is 48.0 Å². The van der Waals surface area contributed by atoms with Crippen molar-refractivity contribution in [3.8, 4) is 0 Å². The van der Waals surface area contributed by atoms with Crippen LogP contribution in [-0.4, -0.2) is 4.57 Å². The lowest BCUT2D eigenvalue weighted by Gasteiger charge is -2.17. The monoisotopic (exact) mass is 256 g/mol. The summed E-state index contributed by atoms with van der Waals surface area (Å²) in [7, 11) is 0. The first-order valence-corrected chi connectivity index (χ1v) is 6.66. The Morgan fingerprint density at radius 3 is 2.47 bits per heavy atom. The van der Waals surface area contributed by atoms with Crippen molar-refractivity contribution < 1.29 is 0 Å². The highest BCUT2D eigenvalue weighted by molar-refractivity contribution is 5.29. The minimum Gasteiger partial charge on any atom is -0.320 e. The first-order chi connectivity index (χ1) is 9.15. The van der Waals surface area contributed by atoms with Gasteiger partial charge in [0, 0.05) is 17.8 Å². The molecule has 0 aliphatic heterocycles. The average molecular weight is 256 g/mol. The fourth-order valence-corrected chi connectivity index (χ4v) is 2.15. The van der Waals surface area contributed by atoms with Gasteiger partial charge in [0.2, 0.25) is 0 Å². The molecular weight excluding hydrogens is 236 g/mol. The summed E-state index contributed by atoms with van der Waals surface area (Å²) in [5.74, 6) is 0. The van der Waals surface area contributed by atoms with Gasteiger partial charge in [-0.25, -0.2) is 0 Å². The van der Waals surface area contributed by atoms with Crippen LogP contribution in [0.1, 0.15) is 43.5 Å². The fourth-order valence-electron chi connectivity index (χ4n) is 2.15. The Bertz CT molecular complexity index is 589. The molecule has 1 aromatic carbocycles. The Morgan fingerprint density at radius 1 is 1.16 bits per heavy atom. The van der Waals surface area contributed by atoms with Crippen molar-refractivity contribution in [3.05, 3.63) is 70.1 Å². The van der Waals surface area contributed by atoms with Crippen molar-refractivity contribution in [2.75, 3.05) is 0 Å². The zero-order valence-corrected chi connectivity index (χ0v) is 11.4. The van der Waals surface area contributed by atoms with E-state index < -0.39 is 0 Å². The van der Waals surface area contributed by atoms with Crippen LogP contribution in [0, 0.1) is 0 Å². The summed E-state index contributed by atoms with van der Waals surface area (Å²) >= 11 is 0. The van der Waals surface area contributed by atoms with Crippen LogP contribution in [0.5, 0.6) is 0 Å². The number of aromatic nitrogens is 1. The molecule has 3 heteroatoms. The van der Waals surface area contributed by atoms with Gasteiger partial charge in [-0.2, -0.15) is 0 Å². The first kappa shape index (κ1) is 13.6. The molecule has 0 saturated heterocycles. The maximum Gasteiger partial charge on any atom is 0.255 e. The summed E-state index contributed by atoms with van der Waals surface area (Å²) < 4.78 is 1.76. The Hall–Kier alpha value is -1.87. The van der Waals surface area contributed by atoms with Gasteiger partial charge < -0.3 is 10.3 Å². The van der Waals surface area contributed by atoms with Gasteiger partial charge in [0.1, 0.15) is 0 Å². The van der Waals surface area contributed by atoms with Crippen molar-refractivity contribution in [2.24, 2.45) is 5.73 Å². The highest BCUT2D eigenvalue weighted by Gasteiger charge is 2.15. The fraction of sp³-hybridized carbons (Fsp3) is 0.312. The molecule has 1 aromatic heterocycles. The molecule has 100 valence electrons. The summed E-state index contributed by atoms with van der Waals surface area (Å²) in [6.45, 7) is 4.11. The van der Waals surface area contributed by atoms with Crippen molar-refractivity contribution in [1.29, 1.82) is 0 Å². The number of pyridine rings is 1. The van der Waals surface area contributed by atoms with Crippen molar-refractivity contribution in [3.63, 3.8) is 0 Å². The summed E-state index contributed by atoms with van der Waals surface area (Å²) in [6, 6.07) is 13.2. The molecule has 1 heterocycles. The number of nitrogens with two attached hydrogens (primary N) is 1. The van der Waals surface area contributed by atoms with E-state index in [-0.39, 0.29) is 17.6 Å². The van der Waals surface area contributed by atoms with E-state index in [0.29, 0.717) is 5.56 Å². The summed E-state index contributed by atoms with van der Waals surface area (Å²) in [5, 5.41) is 0. The number of nitrogens with zero attached hydrogens (tertiary/aromatic N) is 1. The largest absolute Gasteiger partial charge is 0.320 e. The molecule has 0 bridgehead atoms. The van der Waals surface area contributed by atoms with Gasteiger partial charge in [0.05, 0.1) is 6.04 Å². The van der Waals surface area contributed by atoms with Gasteiger partial charge in [-0.1, -0.05) is 43.3 Å². The van der Waals surface area contributed by atoms with Crippen LogP contribution in [0.2, 0.25) is 0 Å². The van der Waals surface area contributed by atoms with E-state index in [1.165, 1.54) is 0 Å². The molecule has 2 unspecified atom stereocenters. The van der Waals surface area contributed by atoms with Crippen LogP contribution >= 0.6 is 0 Å². The van der Waals surface area contributed by atoms with Crippen LogP contribution in [0.3, 0.4) is 0 Å². The molecule has 2 N–H and O–H groups in total. The molecule has 0 saturated carbocycles. The van der Waals surface area contributed by atoms with Gasteiger partial charge in [-0.3, -0.25) is 4.79 Å². The average Bonchev–Trinajstić information content (AvgIpc) is 2.47. The standard InChI is InChI=1S/C16H20N2O/c1-3-12(2)18-11-7-10-14(16(18)19)15(17)13-8-5-4-6-9-13/h4-12,15H,3,17H2,1-2H3. The molecule has 0 aliphatic carbocycles. The summed E-state index contributed by atoms with van der Waals surface area (Å²) in [4.78, 5) is 12.5. The maximum atomic E-state index is 12.5. The Balaban J connectivity index is 2.44. The zero-order valence-electron chi connectivity index (χ0n) is 11.4. The number of hydrogen-bond donors (Lipinski definition) is 1. The Labute approximate surface area is 113 Å². The minimum atomic E-state index is -0.370. The second kappa shape index (κ2) is 5.85. The Kier molecular flexibility index (Phi) is 4.17. The number of hydrogen-bond acceptors (Lipinski definition) is 2. The SMILES string of the molecule is CCC(C)n1cccc(C(N)c2ccccc2)c1=O. The molecule has 2 atom stereocenters. The van der Waals surface area contributed by atoms with E-state index in [0.717, 1.165) is 12.0 Å². The highest BCUT2D eigenvalue weighted by Crippen LogP contribution is 2.17. The van der Waals surface area contributed by atoms with Gasteiger partial charge >= 0.3 is 0 Å². The third-order valence-corrected chi connectivity index (χ3v) is 3.56. The zero-order chi connectivity index (χ0) is 13.8. The third kappa shape index (κ3) is 2.76. The van der Waals surface area contributed by atoms with Gasteiger partial charge in [-0.15, -0.1) is 0 Å². The summed E-state index contributed by atoms with van der Waals surface area (Å²) in [6.07, 6.45) is 2.75. The van der Waals surface area contributed by atoms with Crippen LogP contribution in [-0.2, 0) is 0 Å². The maximum absolute atomic E-state index is 12.5. The van der Waals surface area contributed by atoms with E-state index in [1.807, 2.05) is 55.6 Å². The first-order valence-electron chi connectivity index (χ1n) is 6.66. The van der Waals surface area contributed by atoms with E-state index in [1.54, 1.807) is 4.57 Å². The predicted octanol–water partition coefficient (Wildman–Crippen LogP) is 2.87. The van der Waals surface area contributed by atoms with Crippen molar-refractivity contribution in [2.45, 2.75) is 32.4 Å². The molecule has 0 aliphatic rings. The molecule has 0 spiro atoms. The van der Waals surface area contributed by atoms with Gasteiger partial charge in [0.25, 0.3) is 5.56 Å². The molecule has 0 amide bonds. The third-order valence-electron chi connectivity index (χ3n) is 3.56. The smallest absolute Gasteiger partial charge is 0.255 e. The molecule has 2 aromatic rings. The lowest BCUT2D eigenvalue weighted by molar-refractivity contribution is 0.509. The van der Waals surface area contributed by atoms with Gasteiger partial charge in [-0.05, 0) is 25.0 Å². The minimum absolute atomic E-state index is 0.00760. The number of rotatable bonds is 4. The second-order valence-electron chi connectivity index (χ2n) is 4.82.